The van der Waals surface area contributed by atoms with E-state index in [9.17, 15) is 26.0 Å². The first kappa shape index (κ1) is 27.9. The Morgan fingerprint density at radius 1 is 0.591 bits per heavy atom. The molecule has 7 aromatic rings. The van der Waals surface area contributed by atoms with Crippen molar-refractivity contribution in [1.82, 2.24) is 9.13 Å². The maximum Gasteiger partial charge on any atom is 0.169 e. The summed E-state index contributed by atoms with van der Waals surface area (Å²) >= 11 is 3.49. The Labute approximate surface area is 259 Å². The highest BCUT2D eigenvalue weighted by Gasteiger charge is 2.24. The van der Waals surface area contributed by atoms with Crippen molar-refractivity contribution in [2.75, 3.05) is 0 Å². The van der Waals surface area contributed by atoms with E-state index in [1.807, 2.05) is 69.8 Å². The number of benzene rings is 4. The van der Waals surface area contributed by atoms with E-state index in [0.29, 0.717) is 28.1 Å². The van der Waals surface area contributed by atoms with E-state index in [4.69, 9.17) is 4.42 Å². The first-order chi connectivity index (χ1) is 21.5. The van der Waals surface area contributed by atoms with Crippen molar-refractivity contribution < 1.29 is 14.6 Å². The second-order valence-corrected chi connectivity index (χ2v) is 10.4. The molecule has 7 rings (SSSR count). The average molecular weight is 638 g/mol. The van der Waals surface area contributed by atoms with Gasteiger partial charge in [-0.3, -0.25) is 0 Å². The molecule has 0 saturated carbocycles. The fourth-order valence-electron chi connectivity index (χ4n) is 5.19. The van der Waals surface area contributed by atoms with Crippen LogP contribution in [0.4, 0.5) is 0 Å². The summed E-state index contributed by atoms with van der Waals surface area (Å²) in [4.78, 5) is 0. The fraction of sp³-hybridized carbons (Fsp3) is 0. The first-order valence-corrected chi connectivity index (χ1v) is 14.1. The molecular formula is C35H20BrN5O3. The van der Waals surface area contributed by atoms with Crippen LogP contribution in [0.25, 0.3) is 44.6 Å². The highest BCUT2D eigenvalue weighted by atomic mass is 79.9. The van der Waals surface area contributed by atoms with Crippen LogP contribution in [0.2, 0.25) is 0 Å². The van der Waals surface area contributed by atoms with Crippen LogP contribution < -0.4 is 0 Å². The second-order valence-electron chi connectivity index (χ2n) is 9.63. The van der Waals surface area contributed by atoms with Gasteiger partial charge in [0.15, 0.2) is 5.76 Å². The van der Waals surface area contributed by atoms with Crippen LogP contribution in [0.3, 0.4) is 0 Å². The third-order valence-corrected chi connectivity index (χ3v) is 7.88. The van der Waals surface area contributed by atoms with Crippen molar-refractivity contribution in [3.05, 3.63) is 131 Å². The van der Waals surface area contributed by atoms with Gasteiger partial charge in [-0.05, 0) is 82.7 Å². The van der Waals surface area contributed by atoms with Gasteiger partial charge in [-0.15, -0.1) is 0 Å². The molecule has 0 aliphatic heterocycles. The Bertz CT molecular complexity index is 2290. The topological polar surface area (TPSA) is 135 Å². The van der Waals surface area contributed by atoms with E-state index in [0.717, 1.165) is 37.8 Å². The maximum absolute atomic E-state index is 9.76. The van der Waals surface area contributed by atoms with Crippen LogP contribution in [0.1, 0.15) is 16.7 Å². The Hall–Kier alpha value is -6.21. The first-order valence-electron chi connectivity index (χ1n) is 13.3. The highest BCUT2D eigenvalue weighted by molar-refractivity contribution is 9.10. The van der Waals surface area contributed by atoms with E-state index in [-0.39, 0.29) is 11.5 Å². The largest absolute Gasteiger partial charge is 0.508 e. The predicted molar refractivity (Wildman–Crippen MR) is 169 cm³/mol. The number of furan rings is 1. The molecule has 0 aliphatic rings. The third-order valence-electron chi connectivity index (χ3n) is 7.13. The quantitative estimate of drug-likeness (QED) is 0.200. The molecule has 0 spiro atoms. The van der Waals surface area contributed by atoms with Crippen LogP contribution in [0.15, 0.2) is 118 Å². The van der Waals surface area contributed by atoms with E-state index in [1.165, 1.54) is 6.26 Å². The standard InChI is InChI=1S/C20H11N3O2.C15H9BrN2O/c21-11-13-9-10-25-20(13)19-17(12-22)16-3-1-2-4-18(16)23(19)14-5-7-15(24)8-6-14;16-15-13(9-17)12-3-1-2-4-14(12)18(15)10-5-7-11(19)8-6-10/h1-10,24H;1-8,19H. The number of phenols is 2. The Kier molecular flexibility index (Phi) is 7.35. The molecule has 0 fully saturated rings. The molecule has 9 heteroatoms. The lowest BCUT2D eigenvalue weighted by atomic mass is 10.1. The van der Waals surface area contributed by atoms with Gasteiger partial charge in [-0.1, -0.05) is 36.4 Å². The van der Waals surface area contributed by atoms with E-state index < -0.39 is 0 Å². The van der Waals surface area contributed by atoms with Gasteiger partial charge >= 0.3 is 0 Å². The molecule has 0 radical (unpaired) electrons. The normalized spacial score (nSPS) is 10.5. The lowest BCUT2D eigenvalue weighted by molar-refractivity contribution is 0.474. The number of para-hydroxylation sites is 2. The van der Waals surface area contributed by atoms with Gasteiger partial charge in [0.25, 0.3) is 0 Å². The molecule has 0 aliphatic carbocycles. The zero-order chi connectivity index (χ0) is 30.8. The van der Waals surface area contributed by atoms with Gasteiger partial charge in [0.1, 0.15) is 40.0 Å². The van der Waals surface area contributed by atoms with Crippen LogP contribution >= 0.6 is 15.9 Å². The summed E-state index contributed by atoms with van der Waals surface area (Å²) in [6, 6.07) is 36.9. The lowest BCUT2D eigenvalue weighted by Gasteiger charge is -2.10. The molecule has 0 amide bonds. The minimum Gasteiger partial charge on any atom is -0.508 e. The molecule has 0 saturated heterocycles. The zero-order valence-electron chi connectivity index (χ0n) is 22.8. The number of aromatic hydroxyl groups is 2. The summed E-state index contributed by atoms with van der Waals surface area (Å²) < 4.78 is 10.1. The summed E-state index contributed by atoms with van der Waals surface area (Å²) in [5.74, 6) is 0.721. The molecule has 44 heavy (non-hydrogen) atoms. The number of halogens is 1. The van der Waals surface area contributed by atoms with Crippen molar-refractivity contribution >= 4 is 37.7 Å². The van der Waals surface area contributed by atoms with Crippen LogP contribution in [0.5, 0.6) is 11.5 Å². The number of hydrogen-bond donors (Lipinski definition) is 2. The van der Waals surface area contributed by atoms with Crippen molar-refractivity contribution in [1.29, 1.82) is 15.8 Å². The predicted octanol–water partition coefficient (Wildman–Crippen LogP) is 8.31. The molecule has 3 heterocycles. The number of fused-ring (bicyclic) bond motifs is 2. The number of aromatic nitrogens is 2. The average Bonchev–Trinajstić information content (AvgIpc) is 3.73. The summed E-state index contributed by atoms with van der Waals surface area (Å²) in [5.41, 5.74) is 5.36. The van der Waals surface area contributed by atoms with Crippen LogP contribution in [-0.4, -0.2) is 19.3 Å². The van der Waals surface area contributed by atoms with E-state index >= 15 is 0 Å². The summed E-state index contributed by atoms with van der Waals surface area (Å²) in [6.07, 6.45) is 1.44. The van der Waals surface area contributed by atoms with Gasteiger partial charge in [0, 0.05) is 22.1 Å². The number of hydrogen-bond acceptors (Lipinski definition) is 6. The third kappa shape index (κ3) is 4.72. The van der Waals surface area contributed by atoms with Crippen molar-refractivity contribution in [3.8, 4) is 52.5 Å². The minimum atomic E-state index is 0.151. The Balaban J connectivity index is 0.000000162. The molecule has 2 N–H and O–H groups in total. The Morgan fingerprint density at radius 3 is 1.64 bits per heavy atom. The van der Waals surface area contributed by atoms with E-state index in [1.54, 1.807) is 42.5 Å². The number of nitriles is 3. The summed E-state index contributed by atoms with van der Waals surface area (Å²) in [6.45, 7) is 0. The monoisotopic (exact) mass is 637 g/mol. The molecular weight excluding hydrogens is 618 g/mol. The van der Waals surface area contributed by atoms with Gasteiger partial charge in [-0.2, -0.15) is 15.8 Å². The van der Waals surface area contributed by atoms with Crippen LogP contribution in [-0.2, 0) is 0 Å². The number of phenolic OH excluding ortho intramolecular Hbond substituents is 2. The van der Waals surface area contributed by atoms with E-state index in [2.05, 4.69) is 34.1 Å². The molecule has 3 aromatic heterocycles. The molecule has 0 atom stereocenters. The van der Waals surface area contributed by atoms with Gasteiger partial charge in [0.2, 0.25) is 0 Å². The molecule has 210 valence electrons. The van der Waals surface area contributed by atoms with Crippen LogP contribution in [0, 0.1) is 34.0 Å². The smallest absolute Gasteiger partial charge is 0.169 e. The van der Waals surface area contributed by atoms with Gasteiger partial charge in [-0.25, -0.2) is 0 Å². The number of nitrogens with zero attached hydrogens (tertiary/aromatic N) is 5. The molecule has 0 bridgehead atoms. The SMILES string of the molecule is N#Cc1c(Br)n(-c2ccc(O)cc2)c2ccccc12.N#Cc1ccoc1-c1c(C#N)c2ccccc2n1-c1ccc(O)cc1. The maximum atomic E-state index is 9.76. The summed E-state index contributed by atoms with van der Waals surface area (Å²) in [5, 5.41) is 49.0. The molecule has 8 nitrogen and oxygen atoms in total. The van der Waals surface area contributed by atoms with Crippen molar-refractivity contribution in [2.45, 2.75) is 0 Å². The van der Waals surface area contributed by atoms with Gasteiger partial charge < -0.3 is 23.8 Å². The molecule has 0 unspecified atom stereocenters. The van der Waals surface area contributed by atoms with Crippen molar-refractivity contribution in [2.24, 2.45) is 0 Å². The number of rotatable bonds is 3. The van der Waals surface area contributed by atoms with Crippen molar-refractivity contribution in [3.63, 3.8) is 0 Å². The highest BCUT2D eigenvalue weighted by Crippen LogP contribution is 2.38. The second kappa shape index (κ2) is 11.6. The summed E-state index contributed by atoms with van der Waals surface area (Å²) in [7, 11) is 0. The molecule has 4 aromatic carbocycles. The zero-order valence-corrected chi connectivity index (χ0v) is 24.4. The van der Waals surface area contributed by atoms with Gasteiger partial charge in [0.05, 0.1) is 34.0 Å². The minimum absolute atomic E-state index is 0.151. The fourth-order valence-corrected chi connectivity index (χ4v) is 5.89. The lowest BCUT2D eigenvalue weighted by Crippen LogP contribution is -1.97. The Morgan fingerprint density at radius 2 is 1.09 bits per heavy atom.